The maximum atomic E-state index is 3.58. The molecule has 0 radical (unpaired) electrons. The van der Waals surface area contributed by atoms with E-state index in [0.29, 0.717) is 0 Å². The lowest BCUT2D eigenvalue weighted by atomic mass is 10.2. The Hall–Kier alpha value is 0.270. The molecular weight excluding hydrogens is 204 g/mol. The van der Waals surface area contributed by atoms with Gasteiger partial charge in [-0.15, -0.1) is 0 Å². The molecule has 3 atom stereocenters. The minimum absolute atomic E-state index is 0.762. The molecule has 1 N–H and O–H groups in total. The SMILES string of the molecule is CCNC1CCN(C2CCCC2SC)C1. The van der Waals surface area contributed by atoms with Gasteiger partial charge >= 0.3 is 0 Å². The van der Waals surface area contributed by atoms with Gasteiger partial charge in [0.25, 0.3) is 0 Å². The van der Waals surface area contributed by atoms with E-state index in [0.717, 1.165) is 23.9 Å². The zero-order valence-corrected chi connectivity index (χ0v) is 10.9. The topological polar surface area (TPSA) is 15.3 Å². The molecule has 2 aliphatic rings. The number of rotatable bonds is 4. The molecule has 0 aromatic heterocycles. The smallest absolute Gasteiger partial charge is 0.0215 e. The van der Waals surface area contributed by atoms with E-state index in [1.54, 1.807) is 0 Å². The zero-order chi connectivity index (χ0) is 10.7. The molecule has 3 heteroatoms. The first-order valence-electron chi connectivity index (χ1n) is 6.35. The highest BCUT2D eigenvalue weighted by Gasteiger charge is 2.35. The molecule has 1 aliphatic heterocycles. The van der Waals surface area contributed by atoms with Crippen molar-refractivity contribution in [2.45, 2.75) is 49.9 Å². The highest BCUT2D eigenvalue weighted by Crippen LogP contribution is 2.33. The van der Waals surface area contributed by atoms with Gasteiger partial charge in [-0.05, 0) is 32.1 Å². The van der Waals surface area contributed by atoms with Crippen LogP contribution in [0.3, 0.4) is 0 Å². The molecule has 1 saturated carbocycles. The van der Waals surface area contributed by atoms with Crippen molar-refractivity contribution in [2.75, 3.05) is 25.9 Å². The zero-order valence-electron chi connectivity index (χ0n) is 10.0. The molecule has 0 amide bonds. The summed E-state index contributed by atoms with van der Waals surface area (Å²) in [6.45, 7) is 5.94. The van der Waals surface area contributed by atoms with Crippen LogP contribution in [-0.4, -0.2) is 48.1 Å². The number of thioether (sulfide) groups is 1. The molecule has 2 fully saturated rings. The second-order valence-electron chi connectivity index (χ2n) is 4.81. The Morgan fingerprint density at radius 2 is 2.20 bits per heavy atom. The Kier molecular flexibility index (Phi) is 4.35. The maximum Gasteiger partial charge on any atom is 0.0215 e. The van der Waals surface area contributed by atoms with Gasteiger partial charge < -0.3 is 5.32 Å². The van der Waals surface area contributed by atoms with Gasteiger partial charge in [0.1, 0.15) is 0 Å². The number of likely N-dealkylation sites (N-methyl/N-ethyl adjacent to an activating group) is 1. The van der Waals surface area contributed by atoms with E-state index in [1.807, 2.05) is 0 Å². The first-order valence-corrected chi connectivity index (χ1v) is 7.64. The monoisotopic (exact) mass is 228 g/mol. The van der Waals surface area contributed by atoms with E-state index in [1.165, 1.54) is 38.8 Å². The van der Waals surface area contributed by atoms with Gasteiger partial charge in [0.2, 0.25) is 0 Å². The van der Waals surface area contributed by atoms with Crippen LogP contribution in [0.4, 0.5) is 0 Å². The Balaban J connectivity index is 1.84. The van der Waals surface area contributed by atoms with Crippen LogP contribution in [0.5, 0.6) is 0 Å². The minimum Gasteiger partial charge on any atom is -0.313 e. The van der Waals surface area contributed by atoms with E-state index in [4.69, 9.17) is 0 Å². The van der Waals surface area contributed by atoms with Gasteiger partial charge in [0.05, 0.1) is 0 Å². The van der Waals surface area contributed by atoms with Crippen molar-refractivity contribution >= 4 is 11.8 Å². The van der Waals surface area contributed by atoms with Crippen LogP contribution in [0.25, 0.3) is 0 Å². The first kappa shape index (κ1) is 11.7. The van der Waals surface area contributed by atoms with Crippen LogP contribution in [0, 0.1) is 0 Å². The van der Waals surface area contributed by atoms with Crippen molar-refractivity contribution in [1.82, 2.24) is 10.2 Å². The fourth-order valence-corrected chi connectivity index (χ4v) is 4.17. The average Bonchev–Trinajstić information content (AvgIpc) is 2.84. The van der Waals surface area contributed by atoms with Gasteiger partial charge in [0.15, 0.2) is 0 Å². The van der Waals surface area contributed by atoms with E-state index in [2.05, 4.69) is 35.2 Å². The third kappa shape index (κ3) is 2.69. The van der Waals surface area contributed by atoms with Crippen LogP contribution >= 0.6 is 11.8 Å². The standard InChI is InChI=1S/C12H24N2S/c1-3-13-10-7-8-14(9-10)11-5-4-6-12(11)15-2/h10-13H,3-9H2,1-2H3. The Labute approximate surface area is 98.2 Å². The summed E-state index contributed by atoms with van der Waals surface area (Å²) < 4.78 is 0. The third-order valence-electron chi connectivity index (χ3n) is 3.90. The van der Waals surface area contributed by atoms with Crippen LogP contribution in [0.15, 0.2) is 0 Å². The van der Waals surface area contributed by atoms with Crippen LogP contribution in [0.1, 0.15) is 32.6 Å². The van der Waals surface area contributed by atoms with Crippen molar-refractivity contribution in [2.24, 2.45) is 0 Å². The summed E-state index contributed by atoms with van der Waals surface area (Å²) in [5.74, 6) is 0. The van der Waals surface area contributed by atoms with Crippen molar-refractivity contribution in [3.8, 4) is 0 Å². The minimum atomic E-state index is 0.762. The van der Waals surface area contributed by atoms with Crippen molar-refractivity contribution in [1.29, 1.82) is 0 Å². The Morgan fingerprint density at radius 1 is 1.33 bits per heavy atom. The van der Waals surface area contributed by atoms with Crippen LogP contribution in [-0.2, 0) is 0 Å². The predicted molar refractivity (Wildman–Crippen MR) is 68.6 cm³/mol. The van der Waals surface area contributed by atoms with Crippen molar-refractivity contribution in [3.63, 3.8) is 0 Å². The van der Waals surface area contributed by atoms with Crippen LogP contribution in [0.2, 0.25) is 0 Å². The second-order valence-corrected chi connectivity index (χ2v) is 5.89. The molecule has 2 rings (SSSR count). The average molecular weight is 228 g/mol. The summed E-state index contributed by atoms with van der Waals surface area (Å²) in [5, 5.41) is 4.49. The van der Waals surface area contributed by atoms with E-state index in [9.17, 15) is 0 Å². The number of likely N-dealkylation sites (tertiary alicyclic amines) is 1. The summed E-state index contributed by atoms with van der Waals surface area (Å²) in [4.78, 5) is 2.74. The van der Waals surface area contributed by atoms with Gasteiger partial charge in [-0.1, -0.05) is 13.3 Å². The summed E-state index contributed by atoms with van der Waals surface area (Å²) in [5.41, 5.74) is 0. The molecular formula is C12H24N2S. The molecule has 3 unspecified atom stereocenters. The molecule has 0 aromatic rings. The van der Waals surface area contributed by atoms with E-state index < -0.39 is 0 Å². The van der Waals surface area contributed by atoms with Gasteiger partial charge in [0, 0.05) is 30.4 Å². The van der Waals surface area contributed by atoms with E-state index in [-0.39, 0.29) is 0 Å². The molecule has 2 nitrogen and oxygen atoms in total. The number of hydrogen-bond donors (Lipinski definition) is 1. The lowest BCUT2D eigenvalue weighted by molar-refractivity contribution is 0.245. The van der Waals surface area contributed by atoms with Gasteiger partial charge in [-0.3, -0.25) is 4.90 Å². The van der Waals surface area contributed by atoms with Gasteiger partial charge in [-0.2, -0.15) is 11.8 Å². The van der Waals surface area contributed by atoms with Crippen LogP contribution < -0.4 is 5.32 Å². The number of hydrogen-bond acceptors (Lipinski definition) is 3. The van der Waals surface area contributed by atoms with E-state index >= 15 is 0 Å². The second kappa shape index (κ2) is 5.55. The highest BCUT2D eigenvalue weighted by molar-refractivity contribution is 7.99. The first-order chi connectivity index (χ1) is 7.35. The van der Waals surface area contributed by atoms with Gasteiger partial charge in [-0.25, -0.2) is 0 Å². The largest absolute Gasteiger partial charge is 0.313 e. The molecule has 15 heavy (non-hydrogen) atoms. The lowest BCUT2D eigenvalue weighted by Gasteiger charge is -2.28. The molecule has 0 spiro atoms. The quantitative estimate of drug-likeness (QED) is 0.792. The molecule has 1 heterocycles. The lowest BCUT2D eigenvalue weighted by Crippen LogP contribution is -2.40. The Morgan fingerprint density at radius 3 is 2.93 bits per heavy atom. The summed E-state index contributed by atoms with van der Waals surface area (Å²) >= 11 is 2.08. The molecule has 88 valence electrons. The summed E-state index contributed by atoms with van der Waals surface area (Å²) in [6, 6.07) is 1.64. The third-order valence-corrected chi connectivity index (χ3v) is 5.06. The Bertz CT molecular complexity index is 198. The molecule has 1 aliphatic carbocycles. The molecule has 0 bridgehead atoms. The molecule has 1 saturated heterocycles. The number of nitrogens with zero attached hydrogens (tertiary/aromatic N) is 1. The molecule has 0 aromatic carbocycles. The summed E-state index contributed by atoms with van der Waals surface area (Å²) in [6.07, 6.45) is 7.95. The predicted octanol–water partition coefficient (Wildman–Crippen LogP) is 1.95. The number of nitrogens with one attached hydrogen (secondary N) is 1. The fourth-order valence-electron chi connectivity index (χ4n) is 3.14. The van der Waals surface area contributed by atoms with Crippen molar-refractivity contribution < 1.29 is 0 Å². The normalized spacial score (nSPS) is 37.6. The van der Waals surface area contributed by atoms with Crippen molar-refractivity contribution in [3.05, 3.63) is 0 Å². The summed E-state index contributed by atoms with van der Waals surface area (Å²) in [7, 11) is 0. The maximum absolute atomic E-state index is 3.58. The highest BCUT2D eigenvalue weighted by atomic mass is 32.2. The fraction of sp³-hybridized carbons (Fsp3) is 1.00.